The number of fused-ring (bicyclic) bond motifs is 1. The van der Waals surface area contributed by atoms with Gasteiger partial charge in [-0.25, -0.2) is 8.78 Å². The highest BCUT2D eigenvalue weighted by atomic mass is 19.3. The van der Waals surface area contributed by atoms with Gasteiger partial charge in [-0.05, 0) is 36.1 Å². The van der Waals surface area contributed by atoms with Crippen LogP contribution in [0.1, 0.15) is 42.6 Å². The second-order valence-electron chi connectivity index (χ2n) is 8.08. The predicted molar refractivity (Wildman–Crippen MR) is 113 cm³/mol. The van der Waals surface area contributed by atoms with E-state index in [1.54, 1.807) is 12.1 Å². The van der Waals surface area contributed by atoms with Gasteiger partial charge < -0.3 is 10.2 Å². The van der Waals surface area contributed by atoms with Crippen molar-refractivity contribution in [2.24, 2.45) is 5.92 Å². The molecule has 1 aromatic heterocycles. The van der Waals surface area contributed by atoms with Crippen LogP contribution in [0.5, 0.6) is 0 Å². The molecule has 1 unspecified atom stereocenters. The lowest BCUT2D eigenvalue weighted by atomic mass is 10.0. The molecule has 0 aliphatic carbocycles. The average molecular weight is 426 g/mol. The number of hydrogen-bond acceptors (Lipinski definition) is 4. The molecule has 1 atom stereocenters. The number of aromatic nitrogens is 1. The summed E-state index contributed by atoms with van der Waals surface area (Å²) in [7, 11) is 0. The van der Waals surface area contributed by atoms with E-state index in [9.17, 15) is 18.4 Å². The second kappa shape index (κ2) is 9.21. The van der Waals surface area contributed by atoms with Gasteiger partial charge in [-0.2, -0.15) is 5.26 Å². The largest absolute Gasteiger partial charge is 0.343 e. The fraction of sp³-hybridized carbons (Fsp3) is 0.391. The number of alkyl halides is 2. The smallest absolute Gasteiger partial charge is 0.268 e. The highest BCUT2D eigenvalue weighted by molar-refractivity contribution is 6.07. The first-order valence-corrected chi connectivity index (χ1v) is 10.1. The fourth-order valence-electron chi connectivity index (χ4n) is 3.49. The molecule has 1 aliphatic rings. The highest BCUT2D eigenvalue weighted by Gasteiger charge is 2.47. The summed E-state index contributed by atoms with van der Waals surface area (Å²) in [5.41, 5.74) is 1.88. The number of halogens is 2. The molecule has 2 heterocycles. The van der Waals surface area contributed by atoms with E-state index in [-0.39, 0.29) is 0 Å². The zero-order chi connectivity index (χ0) is 22.6. The van der Waals surface area contributed by atoms with Crippen molar-refractivity contribution in [1.29, 1.82) is 5.26 Å². The summed E-state index contributed by atoms with van der Waals surface area (Å²) in [6.45, 7) is 2.97. The molecular formula is C23H24F2N4O2. The topological polar surface area (TPSA) is 86.1 Å². The quantitative estimate of drug-likeness (QED) is 0.762. The van der Waals surface area contributed by atoms with Gasteiger partial charge in [-0.1, -0.05) is 32.1 Å². The Balaban J connectivity index is 1.74. The van der Waals surface area contributed by atoms with Gasteiger partial charge in [0.25, 0.3) is 11.8 Å². The molecule has 31 heavy (non-hydrogen) atoms. The minimum absolute atomic E-state index is 0.334. The molecule has 0 spiro atoms. The van der Waals surface area contributed by atoms with Crippen LogP contribution in [0.15, 0.2) is 36.5 Å². The monoisotopic (exact) mass is 426 g/mol. The molecule has 1 saturated heterocycles. The summed E-state index contributed by atoms with van der Waals surface area (Å²) in [6, 6.07) is 7.65. The van der Waals surface area contributed by atoms with Crippen molar-refractivity contribution in [2.75, 3.05) is 13.1 Å². The minimum atomic E-state index is -3.10. The first-order chi connectivity index (χ1) is 14.7. The number of nitriles is 1. The van der Waals surface area contributed by atoms with Crippen LogP contribution in [0.4, 0.5) is 8.78 Å². The molecular weight excluding hydrogens is 402 g/mol. The third-order valence-corrected chi connectivity index (χ3v) is 5.07. The molecule has 6 nitrogen and oxygen atoms in total. The van der Waals surface area contributed by atoms with Crippen molar-refractivity contribution in [3.63, 3.8) is 0 Å². The van der Waals surface area contributed by atoms with Crippen molar-refractivity contribution in [2.45, 2.75) is 38.7 Å². The lowest BCUT2D eigenvalue weighted by Crippen LogP contribution is -2.43. The minimum Gasteiger partial charge on any atom is -0.343 e. The summed E-state index contributed by atoms with van der Waals surface area (Å²) in [4.78, 5) is 30.2. The fourth-order valence-corrected chi connectivity index (χ4v) is 3.49. The highest BCUT2D eigenvalue weighted by Crippen LogP contribution is 2.31. The van der Waals surface area contributed by atoms with Gasteiger partial charge in [-0.3, -0.25) is 14.6 Å². The van der Waals surface area contributed by atoms with Gasteiger partial charge in [0, 0.05) is 18.0 Å². The van der Waals surface area contributed by atoms with Crippen LogP contribution < -0.4 is 5.32 Å². The van der Waals surface area contributed by atoms with Gasteiger partial charge >= 0.3 is 0 Å². The molecule has 0 bridgehead atoms. The van der Waals surface area contributed by atoms with E-state index in [0.29, 0.717) is 22.4 Å². The Morgan fingerprint density at radius 3 is 2.87 bits per heavy atom. The molecule has 8 heteroatoms. The number of likely N-dealkylation sites (tertiary alicyclic amines) is 1. The standard InChI is InChI=1S/C23H24F2N4O2/c1-15(2)4-3-5-16-6-7-20-19(10-16)18(8-9-27-20)22(31)28-13-21(30)29-14-23(24,25)11-17(29)12-26/h3,5-10,15,17H,4,11,13-14H2,1-2H3,(H,28,31). The third kappa shape index (κ3) is 5.43. The predicted octanol–water partition coefficient (Wildman–Crippen LogP) is 3.78. The number of hydrogen-bond donors (Lipinski definition) is 1. The number of rotatable bonds is 6. The molecule has 0 saturated carbocycles. The van der Waals surface area contributed by atoms with E-state index in [4.69, 9.17) is 5.26 Å². The van der Waals surface area contributed by atoms with E-state index in [0.717, 1.165) is 16.9 Å². The summed E-state index contributed by atoms with van der Waals surface area (Å²) in [5, 5.41) is 12.1. The number of carbonyl (C=O) groups is 2. The third-order valence-electron chi connectivity index (χ3n) is 5.07. The maximum absolute atomic E-state index is 13.6. The van der Waals surface area contributed by atoms with Crippen molar-refractivity contribution < 1.29 is 18.4 Å². The van der Waals surface area contributed by atoms with Gasteiger partial charge in [0.05, 0.1) is 30.2 Å². The molecule has 1 aliphatic heterocycles. The van der Waals surface area contributed by atoms with Gasteiger partial charge in [0.1, 0.15) is 6.04 Å². The Labute approximate surface area is 179 Å². The Morgan fingerprint density at radius 1 is 1.39 bits per heavy atom. The van der Waals surface area contributed by atoms with Crippen LogP contribution in [0.2, 0.25) is 0 Å². The van der Waals surface area contributed by atoms with Crippen molar-refractivity contribution >= 4 is 28.8 Å². The zero-order valence-corrected chi connectivity index (χ0v) is 17.4. The molecule has 2 amide bonds. The summed E-state index contributed by atoms with van der Waals surface area (Å²) in [6.07, 6.45) is 5.79. The Kier molecular flexibility index (Phi) is 6.64. The SMILES string of the molecule is CC(C)CC=Cc1ccc2nccc(C(=O)NCC(=O)N3CC(F)(F)CC3C#N)c2c1. The number of amides is 2. The number of carbonyl (C=O) groups excluding carboxylic acids is 2. The van der Waals surface area contributed by atoms with Crippen LogP contribution in [0, 0.1) is 17.2 Å². The van der Waals surface area contributed by atoms with Gasteiger partial charge in [0.2, 0.25) is 5.91 Å². The average Bonchev–Trinajstić information content (AvgIpc) is 3.05. The number of pyridine rings is 1. The Bertz CT molecular complexity index is 1060. The molecule has 1 aromatic carbocycles. The molecule has 1 fully saturated rings. The zero-order valence-electron chi connectivity index (χ0n) is 17.4. The lowest BCUT2D eigenvalue weighted by Gasteiger charge is -2.19. The van der Waals surface area contributed by atoms with E-state index in [1.807, 2.05) is 24.3 Å². The van der Waals surface area contributed by atoms with E-state index >= 15 is 0 Å². The van der Waals surface area contributed by atoms with Gasteiger partial charge in [0.15, 0.2) is 0 Å². The Hall–Kier alpha value is -3.34. The van der Waals surface area contributed by atoms with E-state index < -0.39 is 43.3 Å². The maximum atomic E-state index is 13.6. The number of allylic oxidation sites excluding steroid dienone is 1. The number of nitrogens with zero attached hydrogens (tertiary/aromatic N) is 3. The number of benzene rings is 1. The summed E-state index contributed by atoms with van der Waals surface area (Å²) >= 11 is 0. The summed E-state index contributed by atoms with van der Waals surface area (Å²) in [5.74, 6) is -3.79. The van der Waals surface area contributed by atoms with Crippen LogP contribution >= 0.6 is 0 Å². The number of nitrogens with one attached hydrogen (secondary N) is 1. The van der Waals surface area contributed by atoms with Gasteiger partial charge in [-0.15, -0.1) is 0 Å². The van der Waals surface area contributed by atoms with Crippen molar-refractivity contribution in [1.82, 2.24) is 15.2 Å². The van der Waals surface area contributed by atoms with Crippen LogP contribution in [0.3, 0.4) is 0 Å². The van der Waals surface area contributed by atoms with Crippen molar-refractivity contribution in [3.8, 4) is 6.07 Å². The van der Waals surface area contributed by atoms with E-state index in [1.165, 1.54) is 6.20 Å². The first kappa shape index (κ1) is 22.3. The molecule has 1 N–H and O–H groups in total. The van der Waals surface area contributed by atoms with Crippen LogP contribution in [0.25, 0.3) is 17.0 Å². The molecule has 3 rings (SSSR count). The first-order valence-electron chi connectivity index (χ1n) is 10.1. The lowest BCUT2D eigenvalue weighted by molar-refractivity contribution is -0.131. The molecule has 0 radical (unpaired) electrons. The van der Waals surface area contributed by atoms with Crippen LogP contribution in [-0.2, 0) is 4.79 Å². The van der Waals surface area contributed by atoms with E-state index in [2.05, 4.69) is 30.2 Å². The van der Waals surface area contributed by atoms with Crippen LogP contribution in [-0.4, -0.2) is 46.8 Å². The normalized spacial score (nSPS) is 17.9. The second-order valence-corrected chi connectivity index (χ2v) is 8.08. The molecule has 162 valence electrons. The Morgan fingerprint density at radius 2 is 2.16 bits per heavy atom. The molecule has 2 aromatic rings. The maximum Gasteiger partial charge on any atom is 0.268 e. The summed E-state index contributed by atoms with van der Waals surface area (Å²) < 4.78 is 27.1. The van der Waals surface area contributed by atoms with Crippen molar-refractivity contribution in [3.05, 3.63) is 47.7 Å².